The molecule has 2 N–H and O–H groups in total. The van der Waals surface area contributed by atoms with Gasteiger partial charge in [0.05, 0.1) is 6.42 Å². The summed E-state index contributed by atoms with van der Waals surface area (Å²) in [4.78, 5) is 27.2. The first-order valence-corrected chi connectivity index (χ1v) is 7.45. The molecule has 6 nitrogen and oxygen atoms in total. The molecule has 0 aromatic carbocycles. The lowest BCUT2D eigenvalue weighted by Crippen LogP contribution is -2.53. The predicted octanol–water partition coefficient (Wildman–Crippen LogP) is 0.975. The van der Waals surface area contributed by atoms with Crippen LogP contribution in [0.1, 0.15) is 32.6 Å². The highest BCUT2D eigenvalue weighted by atomic mass is 16.4. The highest BCUT2D eigenvalue weighted by Gasteiger charge is 2.33. The third-order valence-corrected chi connectivity index (χ3v) is 4.47. The second-order valence-electron chi connectivity index (χ2n) is 6.17. The number of piperidine rings is 1. The SMILES string of the molecule is CC1CN(C)CCC1NC(=O)N1CCCC1CC(=O)O. The predicted molar refractivity (Wildman–Crippen MR) is 75.6 cm³/mol. The van der Waals surface area contributed by atoms with Gasteiger partial charge in [-0.05, 0) is 38.8 Å². The number of nitrogens with one attached hydrogen (secondary N) is 1. The highest BCUT2D eigenvalue weighted by molar-refractivity contribution is 5.76. The van der Waals surface area contributed by atoms with Gasteiger partial charge in [0, 0.05) is 25.2 Å². The molecule has 0 saturated carbocycles. The first-order valence-electron chi connectivity index (χ1n) is 7.45. The van der Waals surface area contributed by atoms with Crippen LogP contribution in [0.3, 0.4) is 0 Å². The van der Waals surface area contributed by atoms with Crippen molar-refractivity contribution < 1.29 is 14.7 Å². The minimum atomic E-state index is -0.831. The summed E-state index contributed by atoms with van der Waals surface area (Å²) < 4.78 is 0. The number of hydrogen-bond acceptors (Lipinski definition) is 3. The molecule has 114 valence electrons. The summed E-state index contributed by atoms with van der Waals surface area (Å²) in [6.07, 6.45) is 2.70. The minimum Gasteiger partial charge on any atom is -0.481 e. The molecule has 0 radical (unpaired) electrons. The number of aliphatic carboxylic acids is 1. The van der Waals surface area contributed by atoms with E-state index in [1.807, 2.05) is 0 Å². The quantitative estimate of drug-likeness (QED) is 0.809. The number of rotatable bonds is 3. The van der Waals surface area contributed by atoms with E-state index < -0.39 is 5.97 Å². The number of amides is 2. The summed E-state index contributed by atoms with van der Waals surface area (Å²) in [7, 11) is 2.10. The Labute approximate surface area is 120 Å². The molecule has 2 saturated heterocycles. The number of carboxylic acid groups (broad SMARTS) is 1. The van der Waals surface area contributed by atoms with E-state index in [0.717, 1.165) is 32.4 Å². The van der Waals surface area contributed by atoms with Gasteiger partial charge < -0.3 is 20.2 Å². The molecule has 0 aromatic heterocycles. The first kappa shape index (κ1) is 15.1. The molecule has 2 aliphatic rings. The first-order chi connectivity index (χ1) is 9.47. The molecule has 6 heteroatoms. The van der Waals surface area contributed by atoms with Crippen LogP contribution in [0.15, 0.2) is 0 Å². The van der Waals surface area contributed by atoms with Crippen molar-refractivity contribution in [2.75, 3.05) is 26.7 Å². The lowest BCUT2D eigenvalue weighted by atomic mass is 9.94. The largest absolute Gasteiger partial charge is 0.481 e. The second kappa shape index (κ2) is 6.43. The molecular weight excluding hydrogens is 258 g/mol. The minimum absolute atomic E-state index is 0.0520. The van der Waals surface area contributed by atoms with Crippen LogP contribution >= 0.6 is 0 Å². The molecule has 2 amide bonds. The zero-order valence-corrected chi connectivity index (χ0v) is 12.3. The van der Waals surface area contributed by atoms with Crippen LogP contribution in [-0.4, -0.2) is 65.7 Å². The fourth-order valence-electron chi connectivity index (χ4n) is 3.33. The Morgan fingerprint density at radius 2 is 2.05 bits per heavy atom. The monoisotopic (exact) mass is 283 g/mol. The lowest BCUT2D eigenvalue weighted by molar-refractivity contribution is -0.137. The fourth-order valence-corrected chi connectivity index (χ4v) is 3.33. The summed E-state index contributed by atoms with van der Waals surface area (Å²) in [6, 6.07) is -0.0333. The number of carboxylic acids is 1. The maximum atomic E-state index is 12.3. The van der Waals surface area contributed by atoms with Crippen molar-refractivity contribution in [1.82, 2.24) is 15.1 Å². The molecule has 0 spiro atoms. The Kier molecular flexibility index (Phi) is 4.86. The zero-order chi connectivity index (χ0) is 14.7. The molecule has 2 rings (SSSR count). The summed E-state index contributed by atoms with van der Waals surface area (Å²) in [5.74, 6) is -0.402. The van der Waals surface area contributed by atoms with Crippen LogP contribution in [0, 0.1) is 5.92 Å². The van der Waals surface area contributed by atoms with Gasteiger partial charge in [-0.3, -0.25) is 4.79 Å². The molecule has 0 aromatic rings. The number of urea groups is 1. The van der Waals surface area contributed by atoms with Gasteiger partial charge in [-0.2, -0.15) is 0 Å². The van der Waals surface area contributed by atoms with Gasteiger partial charge in [0.15, 0.2) is 0 Å². The lowest BCUT2D eigenvalue weighted by Gasteiger charge is -2.36. The Hall–Kier alpha value is -1.30. The van der Waals surface area contributed by atoms with Crippen molar-refractivity contribution in [3.63, 3.8) is 0 Å². The van der Waals surface area contributed by atoms with Crippen molar-refractivity contribution in [2.45, 2.75) is 44.7 Å². The molecule has 3 unspecified atom stereocenters. The van der Waals surface area contributed by atoms with Gasteiger partial charge in [-0.1, -0.05) is 6.92 Å². The van der Waals surface area contributed by atoms with Crippen LogP contribution in [0.4, 0.5) is 4.79 Å². The summed E-state index contributed by atoms with van der Waals surface area (Å²) in [5.41, 5.74) is 0. The van der Waals surface area contributed by atoms with E-state index in [1.54, 1.807) is 4.90 Å². The van der Waals surface area contributed by atoms with Crippen LogP contribution in [0.2, 0.25) is 0 Å². The van der Waals surface area contributed by atoms with E-state index in [1.165, 1.54) is 0 Å². The normalized spacial score (nSPS) is 31.3. The Morgan fingerprint density at radius 1 is 1.30 bits per heavy atom. The van der Waals surface area contributed by atoms with Gasteiger partial charge in [0.2, 0.25) is 0 Å². The topological polar surface area (TPSA) is 72.9 Å². The van der Waals surface area contributed by atoms with Crippen molar-refractivity contribution in [3.8, 4) is 0 Å². The van der Waals surface area contributed by atoms with Crippen molar-refractivity contribution in [3.05, 3.63) is 0 Å². The molecule has 2 heterocycles. The standard InChI is InChI=1S/C14H25N3O3/c1-10-9-16(2)7-5-12(10)15-14(20)17-6-3-4-11(17)8-13(18)19/h10-12H,3-9H2,1-2H3,(H,15,20)(H,18,19). The molecule has 0 bridgehead atoms. The van der Waals surface area contributed by atoms with Crippen LogP contribution in [-0.2, 0) is 4.79 Å². The molecular formula is C14H25N3O3. The van der Waals surface area contributed by atoms with Gasteiger partial charge in [-0.25, -0.2) is 4.79 Å². The van der Waals surface area contributed by atoms with E-state index in [0.29, 0.717) is 12.5 Å². The Bertz CT molecular complexity index is 375. The number of likely N-dealkylation sites (tertiary alicyclic amines) is 2. The number of nitrogens with zero attached hydrogens (tertiary/aromatic N) is 2. The molecule has 0 aliphatic carbocycles. The highest BCUT2D eigenvalue weighted by Crippen LogP contribution is 2.21. The third kappa shape index (κ3) is 3.62. The average Bonchev–Trinajstić information content (AvgIpc) is 2.80. The van der Waals surface area contributed by atoms with E-state index in [-0.39, 0.29) is 24.5 Å². The number of carbonyl (C=O) groups excluding carboxylic acids is 1. The third-order valence-electron chi connectivity index (χ3n) is 4.47. The van der Waals surface area contributed by atoms with Crippen LogP contribution in [0.5, 0.6) is 0 Å². The van der Waals surface area contributed by atoms with Crippen molar-refractivity contribution >= 4 is 12.0 Å². The Balaban J connectivity index is 1.89. The maximum Gasteiger partial charge on any atom is 0.317 e. The Morgan fingerprint density at radius 3 is 2.70 bits per heavy atom. The van der Waals surface area contributed by atoms with Gasteiger partial charge in [-0.15, -0.1) is 0 Å². The molecule has 2 aliphatic heterocycles. The fraction of sp³-hybridized carbons (Fsp3) is 0.857. The van der Waals surface area contributed by atoms with E-state index >= 15 is 0 Å². The van der Waals surface area contributed by atoms with Crippen molar-refractivity contribution in [1.29, 1.82) is 0 Å². The van der Waals surface area contributed by atoms with Crippen LogP contribution in [0.25, 0.3) is 0 Å². The summed E-state index contributed by atoms with van der Waals surface area (Å²) in [5, 5.41) is 12.0. The van der Waals surface area contributed by atoms with Crippen LogP contribution < -0.4 is 5.32 Å². The van der Waals surface area contributed by atoms with E-state index in [9.17, 15) is 9.59 Å². The van der Waals surface area contributed by atoms with Crippen molar-refractivity contribution in [2.24, 2.45) is 5.92 Å². The summed E-state index contributed by atoms with van der Waals surface area (Å²) >= 11 is 0. The average molecular weight is 283 g/mol. The molecule has 2 fully saturated rings. The van der Waals surface area contributed by atoms with E-state index in [4.69, 9.17) is 5.11 Å². The summed E-state index contributed by atoms with van der Waals surface area (Å²) in [6.45, 7) is 4.81. The van der Waals surface area contributed by atoms with Gasteiger partial charge in [0.25, 0.3) is 0 Å². The smallest absolute Gasteiger partial charge is 0.317 e. The molecule has 20 heavy (non-hydrogen) atoms. The van der Waals surface area contributed by atoms with E-state index in [2.05, 4.69) is 24.2 Å². The van der Waals surface area contributed by atoms with Gasteiger partial charge >= 0.3 is 12.0 Å². The number of hydrogen-bond donors (Lipinski definition) is 2. The molecule has 3 atom stereocenters. The zero-order valence-electron chi connectivity index (χ0n) is 12.3. The maximum absolute atomic E-state index is 12.3. The number of carbonyl (C=O) groups is 2. The van der Waals surface area contributed by atoms with Gasteiger partial charge in [0.1, 0.15) is 0 Å². The second-order valence-corrected chi connectivity index (χ2v) is 6.17.